The number of benzene rings is 8. The fourth-order valence-corrected chi connectivity index (χ4v) is 10.9. The van der Waals surface area contributed by atoms with Crippen molar-refractivity contribution in [3.8, 4) is 16.8 Å². The molecule has 3 aromatic heterocycles. The minimum absolute atomic E-state index is 0.0752. The van der Waals surface area contributed by atoms with E-state index in [9.17, 15) is 0 Å². The van der Waals surface area contributed by atoms with Crippen LogP contribution in [0.1, 0.15) is 29.0 Å². The molecule has 0 saturated heterocycles. The van der Waals surface area contributed by atoms with E-state index in [1.165, 1.54) is 84.5 Å². The number of aliphatic imine (C=N–C) groups is 1. The third kappa shape index (κ3) is 5.41. The normalized spacial score (nSPS) is 15.9. The van der Waals surface area contributed by atoms with Crippen LogP contribution in [0.2, 0.25) is 0 Å². The van der Waals surface area contributed by atoms with Crippen LogP contribution in [-0.4, -0.2) is 10.4 Å². The highest BCUT2D eigenvalue weighted by Crippen LogP contribution is 2.42. The molecule has 270 valence electrons. The number of rotatable bonds is 5. The predicted octanol–water partition coefficient (Wildman–Crippen LogP) is 13.5. The molecule has 0 bridgehead atoms. The number of aromatic nitrogens is 1. The summed E-state index contributed by atoms with van der Waals surface area (Å²) in [6.07, 6.45) is -0.285. The summed E-state index contributed by atoms with van der Waals surface area (Å²) >= 11 is 3.73. The highest BCUT2D eigenvalue weighted by Gasteiger charge is 2.26. The van der Waals surface area contributed by atoms with E-state index in [1.54, 1.807) is 0 Å². The van der Waals surface area contributed by atoms with Gasteiger partial charge in [-0.2, -0.15) is 0 Å². The van der Waals surface area contributed by atoms with E-state index in [0.29, 0.717) is 0 Å². The zero-order chi connectivity index (χ0) is 37.5. The number of para-hydroxylation sites is 2. The Labute approximate surface area is 337 Å². The molecule has 0 amide bonds. The van der Waals surface area contributed by atoms with E-state index >= 15 is 0 Å². The topological polar surface area (TPSA) is 41.4 Å². The van der Waals surface area contributed by atoms with Crippen LogP contribution in [0.5, 0.6) is 0 Å². The zero-order valence-corrected chi connectivity index (χ0v) is 32.3. The summed E-state index contributed by atoms with van der Waals surface area (Å²) in [7, 11) is 0. The van der Waals surface area contributed by atoms with Gasteiger partial charge in [-0.15, -0.1) is 22.7 Å². The lowest BCUT2D eigenvalue weighted by Crippen LogP contribution is -2.44. The van der Waals surface area contributed by atoms with Crippen LogP contribution < -0.4 is 10.6 Å². The Hall–Kier alpha value is -6.57. The Balaban J connectivity index is 0.927. The summed E-state index contributed by atoms with van der Waals surface area (Å²) in [4.78, 5) is 5.23. The molecule has 0 aliphatic carbocycles. The molecule has 4 heterocycles. The van der Waals surface area contributed by atoms with E-state index < -0.39 is 0 Å². The summed E-state index contributed by atoms with van der Waals surface area (Å²) in [5.74, 6) is 0.894. The Bertz CT molecular complexity index is 3320. The molecule has 2 unspecified atom stereocenters. The Kier molecular flexibility index (Phi) is 7.45. The van der Waals surface area contributed by atoms with E-state index in [2.05, 4.69) is 191 Å². The molecule has 6 heteroatoms. The first-order valence-corrected chi connectivity index (χ1v) is 21.0. The SMILES string of the molecule is c1ccc(C2=NC(c3ccc4sc5ccc(-c6ccc7sc8cc(-n9c%10ccccc%10c%10ccccc%109)ccc8c7c6)cc5c4c3)NC(c3ccccc3)N2)cc1. The molecule has 12 rings (SSSR count). The van der Waals surface area contributed by atoms with Crippen molar-refractivity contribution < 1.29 is 0 Å². The lowest BCUT2D eigenvalue weighted by atomic mass is 10.00. The molecule has 4 nitrogen and oxygen atoms in total. The van der Waals surface area contributed by atoms with E-state index in [0.717, 1.165) is 17.0 Å². The van der Waals surface area contributed by atoms with Gasteiger partial charge in [0.1, 0.15) is 18.2 Å². The number of nitrogens with one attached hydrogen (secondary N) is 2. The smallest absolute Gasteiger partial charge is 0.131 e. The first-order chi connectivity index (χ1) is 28.2. The number of hydrogen-bond donors (Lipinski definition) is 2. The van der Waals surface area contributed by atoms with Crippen LogP contribution in [0.15, 0.2) is 187 Å². The molecular formula is C51H34N4S2. The van der Waals surface area contributed by atoms with Crippen LogP contribution in [-0.2, 0) is 0 Å². The molecule has 2 N–H and O–H groups in total. The third-order valence-electron chi connectivity index (χ3n) is 11.5. The van der Waals surface area contributed by atoms with Crippen molar-refractivity contribution in [1.29, 1.82) is 0 Å². The van der Waals surface area contributed by atoms with Gasteiger partial charge in [-0.1, -0.05) is 121 Å². The van der Waals surface area contributed by atoms with Crippen LogP contribution in [0.25, 0.3) is 79.0 Å². The Morgan fingerprint density at radius 1 is 0.421 bits per heavy atom. The van der Waals surface area contributed by atoms with Crippen molar-refractivity contribution in [2.75, 3.05) is 0 Å². The van der Waals surface area contributed by atoms with Gasteiger partial charge < -0.3 is 9.88 Å². The molecule has 0 radical (unpaired) electrons. The standard InChI is InChI=1S/C51H34N4S2/c1-3-11-31(12-4-1)49-52-50(32-13-5-2-6-14-32)54-51(53-49)35-21-26-47-42(29-35)41-28-34(20-25-46(41)56-47)33-19-24-45-40(27-33)39-23-22-36(30-48(39)57-45)55-43-17-9-7-15-37(43)38-16-8-10-18-44(38)55/h1-30,49,51,53H,(H,52,54). The molecule has 11 aromatic rings. The fourth-order valence-electron chi connectivity index (χ4n) is 8.72. The molecule has 0 saturated carbocycles. The van der Waals surface area contributed by atoms with Crippen molar-refractivity contribution in [3.05, 3.63) is 199 Å². The van der Waals surface area contributed by atoms with Crippen molar-refractivity contribution >= 4 is 90.7 Å². The Morgan fingerprint density at radius 3 is 1.70 bits per heavy atom. The monoisotopic (exact) mass is 766 g/mol. The number of nitrogens with zero attached hydrogens (tertiary/aromatic N) is 2. The highest BCUT2D eigenvalue weighted by molar-refractivity contribution is 7.26. The summed E-state index contributed by atoms with van der Waals surface area (Å²) in [6, 6.07) is 66.2. The second-order valence-corrected chi connectivity index (χ2v) is 17.0. The predicted molar refractivity (Wildman–Crippen MR) is 243 cm³/mol. The summed E-state index contributed by atoms with van der Waals surface area (Å²) in [5.41, 5.74) is 9.52. The number of thiophene rings is 2. The molecular weight excluding hydrogens is 733 g/mol. The van der Waals surface area contributed by atoms with Gasteiger partial charge in [0.15, 0.2) is 0 Å². The maximum Gasteiger partial charge on any atom is 0.131 e. The first-order valence-electron chi connectivity index (χ1n) is 19.3. The van der Waals surface area contributed by atoms with Crippen LogP contribution in [0.3, 0.4) is 0 Å². The molecule has 1 aliphatic rings. The quantitative estimate of drug-likeness (QED) is 0.183. The van der Waals surface area contributed by atoms with Crippen molar-refractivity contribution in [1.82, 2.24) is 15.2 Å². The lowest BCUT2D eigenvalue weighted by Gasteiger charge is -2.32. The second kappa shape index (κ2) is 13.0. The largest absolute Gasteiger partial charge is 0.350 e. The van der Waals surface area contributed by atoms with Gasteiger partial charge in [0.05, 0.1) is 11.0 Å². The van der Waals surface area contributed by atoms with Crippen molar-refractivity contribution in [2.24, 2.45) is 4.99 Å². The molecule has 57 heavy (non-hydrogen) atoms. The summed E-state index contributed by atoms with van der Waals surface area (Å²) < 4.78 is 7.58. The van der Waals surface area contributed by atoms with Crippen molar-refractivity contribution in [3.63, 3.8) is 0 Å². The van der Waals surface area contributed by atoms with Crippen molar-refractivity contribution in [2.45, 2.75) is 12.3 Å². The Morgan fingerprint density at radius 2 is 1.00 bits per heavy atom. The molecule has 1 aliphatic heterocycles. The van der Waals surface area contributed by atoms with Gasteiger partial charge in [-0.25, -0.2) is 4.99 Å². The van der Waals surface area contributed by atoms with Gasteiger partial charge in [-0.05, 0) is 82.9 Å². The van der Waals surface area contributed by atoms with E-state index in [1.807, 2.05) is 28.7 Å². The average molecular weight is 767 g/mol. The first kappa shape index (κ1) is 32.7. The van der Waals surface area contributed by atoms with Crippen LogP contribution in [0.4, 0.5) is 0 Å². The van der Waals surface area contributed by atoms with E-state index in [4.69, 9.17) is 4.99 Å². The lowest BCUT2D eigenvalue weighted by molar-refractivity contribution is 0.409. The second-order valence-electron chi connectivity index (χ2n) is 14.8. The number of amidine groups is 1. The maximum atomic E-state index is 5.23. The zero-order valence-electron chi connectivity index (χ0n) is 30.7. The number of fused-ring (bicyclic) bond motifs is 9. The van der Waals surface area contributed by atoms with E-state index in [-0.39, 0.29) is 12.3 Å². The molecule has 8 aromatic carbocycles. The summed E-state index contributed by atoms with van der Waals surface area (Å²) in [6.45, 7) is 0. The molecule has 0 spiro atoms. The molecule has 2 atom stereocenters. The highest BCUT2D eigenvalue weighted by atomic mass is 32.1. The minimum atomic E-state index is -0.209. The van der Waals surface area contributed by atoms with Crippen LogP contribution in [0, 0.1) is 0 Å². The van der Waals surface area contributed by atoms with Gasteiger partial charge in [-0.3, -0.25) is 5.32 Å². The van der Waals surface area contributed by atoms with Gasteiger partial charge >= 0.3 is 0 Å². The van der Waals surface area contributed by atoms with Crippen LogP contribution >= 0.6 is 22.7 Å². The van der Waals surface area contributed by atoms with Gasteiger partial charge in [0, 0.05) is 62.4 Å². The third-order valence-corrected chi connectivity index (χ3v) is 13.8. The van der Waals surface area contributed by atoms with Gasteiger partial charge in [0.25, 0.3) is 0 Å². The molecule has 0 fully saturated rings. The number of hydrogen-bond acceptors (Lipinski definition) is 5. The minimum Gasteiger partial charge on any atom is -0.350 e. The maximum absolute atomic E-state index is 5.23. The average Bonchev–Trinajstić information content (AvgIpc) is 3.95. The summed E-state index contributed by atoms with van der Waals surface area (Å²) in [5, 5.41) is 15.2. The fraction of sp³-hybridized carbons (Fsp3) is 0.0392. The van der Waals surface area contributed by atoms with Gasteiger partial charge in [0.2, 0.25) is 0 Å².